The predicted molar refractivity (Wildman–Crippen MR) is 117 cm³/mol. The number of anilines is 1. The Balaban J connectivity index is 1.73. The van der Waals surface area contributed by atoms with Crippen LogP contribution < -0.4 is 26.3 Å². The van der Waals surface area contributed by atoms with E-state index in [1.165, 1.54) is 0 Å². The van der Waals surface area contributed by atoms with E-state index in [-0.39, 0.29) is 24.4 Å². The standard InChI is InChI=1S/C22H25N5O4/c1-3-13-9-15(30-2)10-17-19(13)22(29)31-21(26-17)16-5-4-7-24-20(16)27-8-6-14(12-27)25-11-18(23)28/h4-5,7,9-10,14,25H,3,6,8,11-12H2,1-2H3,(H2,23,28). The van der Waals surface area contributed by atoms with Gasteiger partial charge in [-0.2, -0.15) is 0 Å². The molecule has 4 rings (SSSR count). The highest BCUT2D eigenvalue weighted by Gasteiger charge is 2.26. The normalized spacial score (nSPS) is 16.1. The van der Waals surface area contributed by atoms with Crippen LogP contribution in [0.15, 0.2) is 39.7 Å². The van der Waals surface area contributed by atoms with Gasteiger partial charge in [0.1, 0.15) is 11.6 Å². The molecule has 3 heterocycles. The third-order valence-electron chi connectivity index (χ3n) is 5.47. The number of aryl methyl sites for hydroxylation is 1. The molecular formula is C22H25N5O4. The second-order valence-electron chi connectivity index (χ2n) is 7.49. The molecule has 2 aromatic heterocycles. The first-order chi connectivity index (χ1) is 15.0. The molecule has 1 aliphatic heterocycles. The number of nitrogens with two attached hydrogens (primary N) is 1. The SMILES string of the molecule is CCc1cc(OC)cc2nc(-c3cccnc3N3CCC(NCC(N)=O)C3)oc(=O)c12. The van der Waals surface area contributed by atoms with Crippen molar-refractivity contribution in [2.45, 2.75) is 25.8 Å². The number of ether oxygens (including phenoxy) is 1. The van der Waals surface area contributed by atoms with E-state index in [4.69, 9.17) is 14.9 Å². The number of amides is 1. The average Bonchev–Trinajstić information content (AvgIpc) is 3.25. The zero-order valence-corrected chi connectivity index (χ0v) is 17.6. The molecule has 1 fully saturated rings. The summed E-state index contributed by atoms with van der Waals surface area (Å²) in [6.45, 7) is 3.50. The number of carbonyl (C=O) groups excluding carboxylic acids is 1. The molecule has 1 atom stereocenters. The van der Waals surface area contributed by atoms with Crippen molar-refractivity contribution in [3.63, 3.8) is 0 Å². The van der Waals surface area contributed by atoms with E-state index in [1.54, 1.807) is 25.4 Å². The monoisotopic (exact) mass is 423 g/mol. The number of pyridine rings is 1. The fraction of sp³-hybridized carbons (Fsp3) is 0.364. The number of aromatic nitrogens is 2. The van der Waals surface area contributed by atoms with Gasteiger partial charge in [0.25, 0.3) is 0 Å². The molecule has 0 spiro atoms. The highest BCUT2D eigenvalue weighted by atomic mass is 16.5. The van der Waals surface area contributed by atoms with E-state index in [2.05, 4.69) is 20.2 Å². The van der Waals surface area contributed by atoms with Crippen LogP contribution in [0.25, 0.3) is 22.4 Å². The van der Waals surface area contributed by atoms with Crippen molar-refractivity contribution >= 4 is 22.6 Å². The van der Waals surface area contributed by atoms with Gasteiger partial charge in [0, 0.05) is 31.4 Å². The van der Waals surface area contributed by atoms with Crippen LogP contribution in [-0.2, 0) is 11.2 Å². The number of benzene rings is 1. The number of fused-ring (bicyclic) bond motifs is 1. The molecule has 0 radical (unpaired) electrons. The summed E-state index contributed by atoms with van der Waals surface area (Å²) >= 11 is 0. The van der Waals surface area contributed by atoms with Crippen molar-refractivity contribution in [3.8, 4) is 17.2 Å². The van der Waals surface area contributed by atoms with Gasteiger partial charge >= 0.3 is 5.63 Å². The van der Waals surface area contributed by atoms with Crippen LogP contribution in [0.2, 0.25) is 0 Å². The first kappa shape index (κ1) is 20.8. The Bertz CT molecular complexity index is 1180. The van der Waals surface area contributed by atoms with Gasteiger partial charge in [0.05, 0.1) is 30.1 Å². The number of nitrogens with zero attached hydrogens (tertiary/aromatic N) is 3. The molecule has 31 heavy (non-hydrogen) atoms. The molecule has 1 unspecified atom stereocenters. The van der Waals surface area contributed by atoms with Crippen LogP contribution in [-0.4, -0.2) is 48.7 Å². The zero-order valence-electron chi connectivity index (χ0n) is 17.6. The summed E-state index contributed by atoms with van der Waals surface area (Å²) in [5, 5.41) is 3.62. The van der Waals surface area contributed by atoms with Gasteiger partial charge in [0.2, 0.25) is 11.8 Å². The Kier molecular flexibility index (Phi) is 5.85. The minimum atomic E-state index is -0.434. The van der Waals surface area contributed by atoms with Gasteiger partial charge in [0.15, 0.2) is 0 Å². The topological polar surface area (TPSA) is 124 Å². The third-order valence-corrected chi connectivity index (χ3v) is 5.47. The smallest absolute Gasteiger partial charge is 0.347 e. The molecule has 3 aromatic rings. The Morgan fingerprint density at radius 3 is 3.00 bits per heavy atom. The molecule has 162 valence electrons. The van der Waals surface area contributed by atoms with Crippen molar-refractivity contribution in [3.05, 3.63) is 46.4 Å². The van der Waals surface area contributed by atoms with E-state index in [9.17, 15) is 9.59 Å². The van der Waals surface area contributed by atoms with Gasteiger partial charge in [-0.15, -0.1) is 0 Å². The number of carbonyl (C=O) groups is 1. The first-order valence-corrected chi connectivity index (χ1v) is 10.2. The second-order valence-corrected chi connectivity index (χ2v) is 7.49. The summed E-state index contributed by atoms with van der Waals surface area (Å²) in [6, 6.07) is 7.32. The van der Waals surface area contributed by atoms with Gasteiger partial charge in [-0.05, 0) is 36.6 Å². The highest BCUT2D eigenvalue weighted by Crippen LogP contribution is 2.31. The van der Waals surface area contributed by atoms with Crippen LogP contribution in [0.1, 0.15) is 18.9 Å². The molecular weight excluding hydrogens is 398 g/mol. The summed E-state index contributed by atoms with van der Waals surface area (Å²) in [6.07, 6.45) is 3.20. The van der Waals surface area contributed by atoms with Gasteiger partial charge in [-0.25, -0.2) is 14.8 Å². The number of methoxy groups -OCH3 is 1. The van der Waals surface area contributed by atoms with Crippen molar-refractivity contribution in [1.29, 1.82) is 0 Å². The Morgan fingerprint density at radius 1 is 1.42 bits per heavy atom. The molecule has 3 N–H and O–H groups in total. The Morgan fingerprint density at radius 2 is 2.26 bits per heavy atom. The first-order valence-electron chi connectivity index (χ1n) is 10.2. The summed E-state index contributed by atoms with van der Waals surface area (Å²) in [5.74, 6) is 1.15. The molecule has 0 aliphatic carbocycles. The average molecular weight is 423 g/mol. The number of hydrogen-bond donors (Lipinski definition) is 2. The summed E-state index contributed by atoms with van der Waals surface area (Å²) in [5.41, 5.74) is 6.79. The van der Waals surface area contributed by atoms with Crippen LogP contribution >= 0.6 is 0 Å². The number of primary amides is 1. The lowest BCUT2D eigenvalue weighted by Crippen LogP contribution is -2.38. The summed E-state index contributed by atoms with van der Waals surface area (Å²) < 4.78 is 11.0. The quantitative estimate of drug-likeness (QED) is 0.586. The highest BCUT2D eigenvalue weighted by molar-refractivity contribution is 5.84. The van der Waals surface area contributed by atoms with Crippen molar-refractivity contribution in [1.82, 2.24) is 15.3 Å². The third kappa shape index (κ3) is 4.22. The summed E-state index contributed by atoms with van der Waals surface area (Å²) in [4.78, 5) is 35.2. The van der Waals surface area contributed by atoms with E-state index >= 15 is 0 Å². The van der Waals surface area contributed by atoms with Crippen LogP contribution in [0.4, 0.5) is 5.82 Å². The fourth-order valence-corrected chi connectivity index (χ4v) is 3.94. The summed E-state index contributed by atoms with van der Waals surface area (Å²) in [7, 11) is 1.59. The van der Waals surface area contributed by atoms with Gasteiger partial charge in [-0.1, -0.05) is 6.92 Å². The molecule has 1 saturated heterocycles. The second kappa shape index (κ2) is 8.73. The molecule has 1 aromatic carbocycles. The molecule has 0 bridgehead atoms. The van der Waals surface area contributed by atoms with E-state index in [0.717, 1.165) is 18.5 Å². The van der Waals surface area contributed by atoms with E-state index in [1.807, 2.05) is 19.1 Å². The van der Waals surface area contributed by atoms with Gasteiger partial charge < -0.3 is 25.1 Å². The van der Waals surface area contributed by atoms with E-state index < -0.39 is 5.63 Å². The maximum Gasteiger partial charge on any atom is 0.347 e. The number of nitrogens with one attached hydrogen (secondary N) is 1. The predicted octanol–water partition coefficient (Wildman–Crippen LogP) is 1.47. The minimum absolute atomic E-state index is 0.121. The van der Waals surface area contributed by atoms with Crippen LogP contribution in [0.5, 0.6) is 5.75 Å². The number of rotatable bonds is 7. The van der Waals surface area contributed by atoms with Crippen molar-refractivity contribution in [2.75, 3.05) is 31.6 Å². The molecule has 9 nitrogen and oxygen atoms in total. The van der Waals surface area contributed by atoms with Crippen molar-refractivity contribution in [2.24, 2.45) is 5.73 Å². The van der Waals surface area contributed by atoms with Crippen LogP contribution in [0, 0.1) is 0 Å². The lowest BCUT2D eigenvalue weighted by molar-refractivity contribution is -0.117. The fourth-order valence-electron chi connectivity index (χ4n) is 3.94. The molecule has 1 aliphatic rings. The largest absolute Gasteiger partial charge is 0.497 e. The lowest BCUT2D eigenvalue weighted by Gasteiger charge is -2.20. The number of hydrogen-bond acceptors (Lipinski definition) is 8. The van der Waals surface area contributed by atoms with Crippen LogP contribution in [0.3, 0.4) is 0 Å². The molecule has 0 saturated carbocycles. The van der Waals surface area contributed by atoms with E-state index in [0.29, 0.717) is 41.0 Å². The zero-order chi connectivity index (χ0) is 22.0. The van der Waals surface area contributed by atoms with Gasteiger partial charge in [-0.3, -0.25) is 4.79 Å². The Hall–Kier alpha value is -3.46. The maximum atomic E-state index is 12.9. The van der Waals surface area contributed by atoms with Crippen molar-refractivity contribution < 1.29 is 13.9 Å². The maximum absolute atomic E-state index is 12.9. The molecule has 9 heteroatoms. The molecule has 1 amide bonds. The minimum Gasteiger partial charge on any atom is -0.497 e. The Labute approximate surface area is 179 Å². The lowest BCUT2D eigenvalue weighted by atomic mass is 10.1.